The Morgan fingerprint density at radius 1 is 0.925 bits per heavy atom. The van der Waals surface area contributed by atoms with E-state index in [9.17, 15) is 9.59 Å². The maximum atomic E-state index is 13.8. The molecule has 0 spiro atoms. The quantitative estimate of drug-likeness (QED) is 0.388. The van der Waals surface area contributed by atoms with Gasteiger partial charge in [0.2, 0.25) is 0 Å². The highest BCUT2D eigenvalue weighted by Crippen LogP contribution is 2.47. The summed E-state index contributed by atoms with van der Waals surface area (Å²) in [6, 6.07) is 18.2. The summed E-state index contributed by atoms with van der Waals surface area (Å²) in [5.41, 5.74) is 3.00. The number of para-hydroxylation sites is 1. The topological polar surface area (TPSA) is 79.1 Å². The zero-order valence-corrected chi connectivity index (χ0v) is 23.0. The Balaban J connectivity index is 1.12. The normalized spacial score (nSPS) is 22.4. The second-order valence-corrected chi connectivity index (χ2v) is 11.1. The molecule has 0 radical (unpaired) electrons. The number of carbonyl (C=O) groups excluding carboxylic acids is 2. The molecular formula is C32H38N4O4. The van der Waals surface area contributed by atoms with Crippen molar-refractivity contribution >= 4 is 17.4 Å². The van der Waals surface area contributed by atoms with Crippen molar-refractivity contribution in [1.82, 2.24) is 14.8 Å². The number of piperazine rings is 1. The van der Waals surface area contributed by atoms with E-state index in [0.717, 1.165) is 56.7 Å². The van der Waals surface area contributed by atoms with Crippen LogP contribution in [0.5, 0.6) is 0 Å². The summed E-state index contributed by atoms with van der Waals surface area (Å²) in [6.07, 6.45) is 6.43. The number of hydrogen-bond acceptors (Lipinski definition) is 7. The van der Waals surface area contributed by atoms with Gasteiger partial charge in [-0.3, -0.25) is 14.5 Å². The minimum absolute atomic E-state index is 0.0288. The number of carbonyl (C=O) groups is 2. The summed E-state index contributed by atoms with van der Waals surface area (Å²) >= 11 is 0. The van der Waals surface area contributed by atoms with Crippen LogP contribution in [-0.2, 0) is 9.53 Å². The average Bonchev–Trinajstić information content (AvgIpc) is 3.55. The summed E-state index contributed by atoms with van der Waals surface area (Å²) in [5.74, 6) is 0.945. The fourth-order valence-electron chi connectivity index (χ4n) is 6.61. The number of hydrogen-bond donors (Lipinski definition) is 0. The molecule has 3 aliphatic heterocycles. The fraction of sp³-hybridized carbons (Fsp3) is 0.469. The highest BCUT2D eigenvalue weighted by atomic mass is 16.5. The van der Waals surface area contributed by atoms with E-state index in [4.69, 9.17) is 9.15 Å². The van der Waals surface area contributed by atoms with E-state index in [0.29, 0.717) is 38.2 Å². The van der Waals surface area contributed by atoms with Crippen molar-refractivity contribution in [2.24, 2.45) is 0 Å². The van der Waals surface area contributed by atoms with Crippen LogP contribution in [0.1, 0.15) is 65.7 Å². The Hall–Kier alpha value is -3.49. The first-order valence-electron chi connectivity index (χ1n) is 14.6. The van der Waals surface area contributed by atoms with E-state index in [1.54, 1.807) is 6.20 Å². The zero-order chi connectivity index (χ0) is 27.3. The molecule has 0 aliphatic carbocycles. The molecule has 1 amide bonds. The monoisotopic (exact) mass is 542 g/mol. The Labute approximate surface area is 235 Å². The molecule has 0 N–H and O–H groups in total. The lowest BCUT2D eigenvalue weighted by molar-refractivity contribution is -0.119. The molecule has 1 aromatic heterocycles. The van der Waals surface area contributed by atoms with Crippen molar-refractivity contribution in [2.45, 2.75) is 50.1 Å². The number of Topliss-reactive ketones (excluding diaryl/α,β-unsaturated/α-hetero) is 1. The molecule has 2 fully saturated rings. The smallest absolute Gasteiger partial charge is 0.255 e. The predicted octanol–water partition coefficient (Wildman–Crippen LogP) is 4.70. The minimum Gasteiger partial charge on any atom is -0.446 e. The summed E-state index contributed by atoms with van der Waals surface area (Å²) in [4.78, 5) is 38.0. The number of anilines is 1. The molecule has 2 saturated heterocycles. The van der Waals surface area contributed by atoms with Gasteiger partial charge in [-0.25, -0.2) is 4.98 Å². The van der Waals surface area contributed by atoms with Crippen LogP contribution in [0.4, 0.5) is 5.69 Å². The van der Waals surface area contributed by atoms with E-state index >= 15 is 0 Å². The first-order valence-corrected chi connectivity index (χ1v) is 14.6. The number of aromatic nitrogens is 1. The highest BCUT2D eigenvalue weighted by molar-refractivity contribution is 5.97. The number of ketones is 1. The standard InChI is InChI=1S/C32H38N4O4/c37-26(12-15-34-16-18-35(19-17-34)24-6-2-1-3-7-24)10-11-28-27-8-4-5-9-29(27)32(38)36(25-13-20-39-21-14-25)31(28)30-22-33-23-40-30/h1-9,22-23,25,28,31H,10-21H2. The summed E-state index contributed by atoms with van der Waals surface area (Å²) in [6.45, 7) is 5.96. The van der Waals surface area contributed by atoms with Crippen molar-refractivity contribution in [1.29, 1.82) is 0 Å². The van der Waals surface area contributed by atoms with E-state index < -0.39 is 0 Å². The van der Waals surface area contributed by atoms with Crippen LogP contribution in [0.3, 0.4) is 0 Å². The van der Waals surface area contributed by atoms with Crippen molar-refractivity contribution in [3.05, 3.63) is 84.1 Å². The Morgan fingerprint density at radius 3 is 2.42 bits per heavy atom. The highest BCUT2D eigenvalue weighted by Gasteiger charge is 2.45. The number of ether oxygens (including phenoxy) is 1. The third-order valence-corrected chi connectivity index (χ3v) is 8.77. The average molecular weight is 543 g/mol. The molecule has 2 aromatic carbocycles. The Morgan fingerprint density at radius 2 is 1.68 bits per heavy atom. The number of fused-ring (bicyclic) bond motifs is 1. The van der Waals surface area contributed by atoms with Crippen LogP contribution in [0, 0.1) is 0 Å². The third-order valence-electron chi connectivity index (χ3n) is 8.77. The number of amides is 1. The lowest BCUT2D eigenvalue weighted by atomic mass is 9.77. The molecule has 3 aliphatic rings. The number of nitrogens with zero attached hydrogens (tertiary/aromatic N) is 4. The fourth-order valence-corrected chi connectivity index (χ4v) is 6.61. The molecule has 4 heterocycles. The second-order valence-electron chi connectivity index (χ2n) is 11.1. The molecule has 0 saturated carbocycles. The molecule has 3 aromatic rings. The lowest BCUT2D eigenvalue weighted by Gasteiger charge is -2.46. The SMILES string of the molecule is O=C(CCC1c2ccccc2C(=O)N(C2CCOCC2)C1c1cnco1)CCN1CCN(c2ccccc2)CC1. The van der Waals surface area contributed by atoms with Crippen molar-refractivity contribution < 1.29 is 18.7 Å². The summed E-state index contributed by atoms with van der Waals surface area (Å²) in [7, 11) is 0. The van der Waals surface area contributed by atoms with E-state index in [1.165, 1.54) is 12.1 Å². The van der Waals surface area contributed by atoms with Crippen LogP contribution in [0.15, 0.2) is 71.6 Å². The first kappa shape index (κ1) is 26.7. The summed E-state index contributed by atoms with van der Waals surface area (Å²) in [5, 5.41) is 0. The van der Waals surface area contributed by atoms with Crippen LogP contribution < -0.4 is 4.90 Å². The molecule has 210 valence electrons. The van der Waals surface area contributed by atoms with Crippen LogP contribution >= 0.6 is 0 Å². The minimum atomic E-state index is -0.285. The van der Waals surface area contributed by atoms with E-state index in [-0.39, 0.29) is 29.7 Å². The maximum absolute atomic E-state index is 13.8. The summed E-state index contributed by atoms with van der Waals surface area (Å²) < 4.78 is 11.4. The van der Waals surface area contributed by atoms with Gasteiger partial charge in [-0.1, -0.05) is 36.4 Å². The van der Waals surface area contributed by atoms with Gasteiger partial charge in [0.15, 0.2) is 6.39 Å². The van der Waals surface area contributed by atoms with Gasteiger partial charge in [0.05, 0.1) is 12.2 Å². The second kappa shape index (κ2) is 12.4. The lowest BCUT2D eigenvalue weighted by Crippen LogP contribution is -2.50. The molecule has 6 rings (SSSR count). The third kappa shape index (κ3) is 5.69. The first-order chi connectivity index (χ1) is 19.7. The number of benzene rings is 2. The van der Waals surface area contributed by atoms with E-state index in [1.807, 2.05) is 35.2 Å². The zero-order valence-electron chi connectivity index (χ0n) is 23.0. The number of oxazole rings is 1. The molecule has 2 atom stereocenters. The van der Waals surface area contributed by atoms with Gasteiger partial charge in [-0.2, -0.15) is 0 Å². The molecule has 8 heteroatoms. The van der Waals surface area contributed by atoms with Crippen LogP contribution in [0.25, 0.3) is 0 Å². The van der Waals surface area contributed by atoms with Crippen molar-refractivity contribution in [3.63, 3.8) is 0 Å². The van der Waals surface area contributed by atoms with Gasteiger partial charge in [0, 0.05) is 82.0 Å². The Bertz CT molecular complexity index is 1270. The van der Waals surface area contributed by atoms with Crippen molar-refractivity contribution in [3.8, 4) is 0 Å². The maximum Gasteiger partial charge on any atom is 0.255 e. The molecule has 8 nitrogen and oxygen atoms in total. The number of rotatable bonds is 9. The van der Waals surface area contributed by atoms with Crippen LogP contribution in [0.2, 0.25) is 0 Å². The molecule has 40 heavy (non-hydrogen) atoms. The molecule has 2 unspecified atom stereocenters. The van der Waals surface area contributed by atoms with Gasteiger partial charge in [0.25, 0.3) is 5.91 Å². The van der Waals surface area contributed by atoms with Gasteiger partial charge in [-0.15, -0.1) is 0 Å². The molecular weight excluding hydrogens is 504 g/mol. The van der Waals surface area contributed by atoms with Crippen LogP contribution in [-0.4, -0.2) is 78.5 Å². The van der Waals surface area contributed by atoms with Gasteiger partial charge in [0.1, 0.15) is 11.5 Å². The van der Waals surface area contributed by atoms with Gasteiger partial charge in [-0.05, 0) is 43.0 Å². The predicted molar refractivity (Wildman–Crippen MR) is 152 cm³/mol. The largest absolute Gasteiger partial charge is 0.446 e. The van der Waals surface area contributed by atoms with E-state index in [2.05, 4.69) is 39.0 Å². The Kier molecular flexibility index (Phi) is 8.25. The van der Waals surface area contributed by atoms with Crippen molar-refractivity contribution in [2.75, 3.05) is 50.8 Å². The van der Waals surface area contributed by atoms with Gasteiger partial charge < -0.3 is 19.0 Å². The molecule has 0 bridgehead atoms. The van der Waals surface area contributed by atoms with Gasteiger partial charge >= 0.3 is 0 Å².